The van der Waals surface area contributed by atoms with Crippen molar-refractivity contribution in [2.75, 3.05) is 30.3 Å². The second-order valence-corrected chi connectivity index (χ2v) is 11.3. The first kappa shape index (κ1) is 24.5. The number of carbonyl (C=O) groups is 1. The summed E-state index contributed by atoms with van der Waals surface area (Å²) in [6.45, 7) is 2.13. The van der Waals surface area contributed by atoms with Crippen molar-refractivity contribution < 1.29 is 17.9 Å². The summed E-state index contributed by atoms with van der Waals surface area (Å²) in [4.78, 5) is 12.9. The minimum absolute atomic E-state index is 0.145. The molecule has 6 nitrogen and oxygen atoms in total. The zero-order valence-electron chi connectivity index (χ0n) is 18.7. The summed E-state index contributed by atoms with van der Waals surface area (Å²) in [6.07, 6.45) is 6.39. The molecular formula is C24H32N2O4S2. The Hall–Kier alpha value is -2.19. The number of nitrogens with one attached hydrogen (secondary N) is 1. The molecule has 0 aromatic heterocycles. The summed E-state index contributed by atoms with van der Waals surface area (Å²) < 4.78 is 33.2. The van der Waals surface area contributed by atoms with E-state index in [4.69, 9.17) is 4.74 Å². The molecule has 174 valence electrons. The number of benzene rings is 2. The number of anilines is 1. The van der Waals surface area contributed by atoms with E-state index in [1.54, 1.807) is 48.5 Å². The maximum Gasteiger partial charge on any atom is 0.264 e. The minimum Gasteiger partial charge on any atom is -0.497 e. The monoisotopic (exact) mass is 476 g/mol. The summed E-state index contributed by atoms with van der Waals surface area (Å²) in [6, 6.07) is 13.4. The number of ether oxygens (including phenoxy) is 1. The molecule has 1 aliphatic rings. The van der Waals surface area contributed by atoms with E-state index in [2.05, 4.69) is 5.32 Å². The van der Waals surface area contributed by atoms with Crippen LogP contribution in [0.3, 0.4) is 0 Å². The Kier molecular flexibility index (Phi) is 8.87. The smallest absolute Gasteiger partial charge is 0.264 e. The van der Waals surface area contributed by atoms with Gasteiger partial charge in [-0.2, -0.15) is 11.8 Å². The highest BCUT2D eigenvalue weighted by Gasteiger charge is 2.27. The summed E-state index contributed by atoms with van der Waals surface area (Å²) in [7, 11) is -2.40. The van der Waals surface area contributed by atoms with Crippen LogP contribution in [0.1, 0.15) is 37.7 Å². The fourth-order valence-corrected chi connectivity index (χ4v) is 6.39. The van der Waals surface area contributed by atoms with Gasteiger partial charge in [0.05, 0.1) is 17.7 Å². The van der Waals surface area contributed by atoms with Crippen LogP contribution in [0.15, 0.2) is 53.4 Å². The van der Waals surface area contributed by atoms with E-state index in [1.165, 1.54) is 39.2 Å². The highest BCUT2D eigenvalue weighted by atomic mass is 32.2. The Morgan fingerprint density at radius 3 is 2.53 bits per heavy atom. The van der Waals surface area contributed by atoms with E-state index in [0.717, 1.165) is 15.6 Å². The van der Waals surface area contributed by atoms with Crippen molar-refractivity contribution in [2.24, 2.45) is 0 Å². The molecule has 3 rings (SSSR count). The van der Waals surface area contributed by atoms with Gasteiger partial charge >= 0.3 is 0 Å². The number of hydrogen-bond acceptors (Lipinski definition) is 5. The molecule has 2 aromatic carbocycles. The molecule has 8 heteroatoms. The molecule has 0 heterocycles. The molecule has 0 saturated heterocycles. The lowest BCUT2D eigenvalue weighted by molar-refractivity contribution is -0.119. The van der Waals surface area contributed by atoms with Gasteiger partial charge in [-0.3, -0.25) is 9.10 Å². The second-order valence-electron chi connectivity index (χ2n) is 8.01. The van der Waals surface area contributed by atoms with Crippen LogP contribution in [0.25, 0.3) is 0 Å². The van der Waals surface area contributed by atoms with Gasteiger partial charge in [-0.1, -0.05) is 43.0 Å². The predicted molar refractivity (Wildman–Crippen MR) is 131 cm³/mol. The van der Waals surface area contributed by atoms with Gasteiger partial charge in [0.1, 0.15) is 12.3 Å². The average molecular weight is 477 g/mol. The standard InChI is InChI=1S/C24H32N2O4S2/c1-19-11-13-23(14-12-19)32(28,29)26(20-7-6-8-21(17-20)30-2)18-24(27)25-15-16-31-22-9-4-3-5-10-22/h6-8,11-14,17,22H,3-5,9-10,15-16,18H2,1-2H3,(H,25,27). The number of sulfonamides is 1. The van der Waals surface area contributed by atoms with Crippen molar-refractivity contribution in [1.82, 2.24) is 5.32 Å². The first-order chi connectivity index (χ1) is 15.4. The summed E-state index contributed by atoms with van der Waals surface area (Å²) in [5.74, 6) is 1.03. The molecule has 0 atom stereocenters. The van der Waals surface area contributed by atoms with Crippen LogP contribution < -0.4 is 14.4 Å². The van der Waals surface area contributed by atoms with E-state index < -0.39 is 10.0 Å². The second kappa shape index (κ2) is 11.6. The molecule has 1 aliphatic carbocycles. The van der Waals surface area contributed by atoms with E-state index in [-0.39, 0.29) is 17.3 Å². The lowest BCUT2D eigenvalue weighted by Crippen LogP contribution is -2.41. The van der Waals surface area contributed by atoms with Gasteiger partial charge in [-0.15, -0.1) is 0 Å². The van der Waals surface area contributed by atoms with Gasteiger partial charge in [0.2, 0.25) is 5.91 Å². The topological polar surface area (TPSA) is 75.7 Å². The molecule has 0 radical (unpaired) electrons. The molecular weight excluding hydrogens is 444 g/mol. The highest BCUT2D eigenvalue weighted by molar-refractivity contribution is 7.99. The molecule has 1 N–H and O–H groups in total. The van der Waals surface area contributed by atoms with Crippen molar-refractivity contribution in [1.29, 1.82) is 0 Å². The van der Waals surface area contributed by atoms with E-state index in [1.807, 2.05) is 18.7 Å². The number of thioether (sulfide) groups is 1. The van der Waals surface area contributed by atoms with Gasteiger partial charge in [0.25, 0.3) is 10.0 Å². The number of rotatable bonds is 10. The van der Waals surface area contributed by atoms with Crippen LogP contribution in [0.2, 0.25) is 0 Å². The van der Waals surface area contributed by atoms with Gasteiger partial charge in [0, 0.05) is 23.6 Å². The molecule has 0 unspecified atom stereocenters. The van der Waals surface area contributed by atoms with Gasteiger partial charge in [-0.25, -0.2) is 8.42 Å². The van der Waals surface area contributed by atoms with E-state index >= 15 is 0 Å². The van der Waals surface area contributed by atoms with Crippen molar-refractivity contribution in [2.45, 2.75) is 49.2 Å². The lowest BCUT2D eigenvalue weighted by atomic mass is 10.0. The molecule has 1 amide bonds. The van der Waals surface area contributed by atoms with Crippen LogP contribution in [0.5, 0.6) is 5.75 Å². The average Bonchev–Trinajstić information content (AvgIpc) is 2.81. The maximum absolute atomic E-state index is 13.4. The van der Waals surface area contributed by atoms with Crippen molar-refractivity contribution in [3.8, 4) is 5.75 Å². The number of hydrogen-bond donors (Lipinski definition) is 1. The summed E-state index contributed by atoms with van der Waals surface area (Å²) >= 11 is 1.90. The van der Waals surface area contributed by atoms with E-state index in [0.29, 0.717) is 23.2 Å². The third-order valence-corrected chi connectivity index (χ3v) is 8.74. The minimum atomic E-state index is -3.93. The molecule has 0 bridgehead atoms. The Morgan fingerprint density at radius 2 is 1.84 bits per heavy atom. The Morgan fingerprint density at radius 1 is 1.12 bits per heavy atom. The summed E-state index contributed by atoms with van der Waals surface area (Å²) in [5, 5.41) is 3.56. The number of aryl methyl sites for hydroxylation is 1. The van der Waals surface area contributed by atoms with Gasteiger partial charge in [0.15, 0.2) is 0 Å². The molecule has 1 fully saturated rings. The highest BCUT2D eigenvalue weighted by Crippen LogP contribution is 2.28. The van der Waals surface area contributed by atoms with Crippen molar-refractivity contribution in [3.63, 3.8) is 0 Å². The number of nitrogens with zero attached hydrogens (tertiary/aromatic N) is 1. The van der Waals surface area contributed by atoms with Crippen LogP contribution in [0.4, 0.5) is 5.69 Å². The zero-order chi connectivity index (χ0) is 23.0. The van der Waals surface area contributed by atoms with Crippen molar-refractivity contribution in [3.05, 3.63) is 54.1 Å². The maximum atomic E-state index is 13.4. The van der Waals surface area contributed by atoms with Crippen molar-refractivity contribution >= 4 is 33.4 Å². The number of methoxy groups -OCH3 is 1. The fraction of sp³-hybridized carbons (Fsp3) is 0.458. The lowest BCUT2D eigenvalue weighted by Gasteiger charge is -2.25. The largest absolute Gasteiger partial charge is 0.497 e. The normalized spacial score (nSPS) is 14.7. The molecule has 2 aromatic rings. The molecule has 32 heavy (non-hydrogen) atoms. The van der Waals surface area contributed by atoms with Crippen LogP contribution in [0, 0.1) is 6.92 Å². The van der Waals surface area contributed by atoms with Crippen LogP contribution in [-0.4, -0.2) is 45.5 Å². The third-order valence-electron chi connectivity index (χ3n) is 5.57. The Bertz CT molecular complexity index is 987. The van der Waals surface area contributed by atoms with Crippen LogP contribution in [-0.2, 0) is 14.8 Å². The zero-order valence-corrected chi connectivity index (χ0v) is 20.4. The van der Waals surface area contributed by atoms with Gasteiger partial charge in [-0.05, 0) is 44.0 Å². The quantitative estimate of drug-likeness (QED) is 0.515. The summed E-state index contributed by atoms with van der Waals surface area (Å²) in [5.41, 5.74) is 1.35. The first-order valence-corrected chi connectivity index (χ1v) is 13.5. The third kappa shape index (κ3) is 6.65. The molecule has 1 saturated carbocycles. The SMILES string of the molecule is COc1cccc(N(CC(=O)NCCSC2CCCCC2)S(=O)(=O)c2ccc(C)cc2)c1. The number of amides is 1. The molecule has 0 spiro atoms. The van der Waals surface area contributed by atoms with Gasteiger partial charge < -0.3 is 10.1 Å². The fourth-order valence-electron chi connectivity index (χ4n) is 3.75. The van der Waals surface area contributed by atoms with Crippen LogP contribution >= 0.6 is 11.8 Å². The Labute approximate surface area is 195 Å². The molecule has 0 aliphatic heterocycles. The van der Waals surface area contributed by atoms with E-state index in [9.17, 15) is 13.2 Å². The first-order valence-electron chi connectivity index (χ1n) is 11.0. The predicted octanol–water partition coefficient (Wildman–Crippen LogP) is 4.38. The number of carbonyl (C=O) groups excluding carboxylic acids is 1. The Balaban J connectivity index is 1.70.